The van der Waals surface area contributed by atoms with E-state index in [1.807, 2.05) is 12.1 Å². The number of hydrogen-bond donors (Lipinski definition) is 0. The second kappa shape index (κ2) is 4.49. The maximum absolute atomic E-state index is 5.96. The van der Waals surface area contributed by atoms with Gasteiger partial charge >= 0.3 is 0 Å². The average molecular weight is 248 g/mol. The minimum Gasteiger partial charge on any atom is -0.267 e. The molecule has 3 nitrogen and oxygen atoms in total. The average Bonchev–Trinajstić information content (AvgIpc) is 3.09. The quantitative estimate of drug-likeness (QED) is 0.778. The summed E-state index contributed by atoms with van der Waals surface area (Å²) in [7, 11) is 0. The van der Waals surface area contributed by atoms with Crippen molar-refractivity contribution in [3.63, 3.8) is 0 Å². The van der Waals surface area contributed by atoms with E-state index in [1.165, 1.54) is 12.8 Å². The van der Waals surface area contributed by atoms with E-state index in [0.717, 1.165) is 29.4 Å². The zero-order chi connectivity index (χ0) is 11.7. The van der Waals surface area contributed by atoms with Crippen LogP contribution in [0.2, 0.25) is 0 Å². The molecule has 0 aliphatic heterocycles. The molecular formula is C13H14ClN3. The second-order valence-electron chi connectivity index (χ2n) is 4.52. The van der Waals surface area contributed by atoms with Gasteiger partial charge in [0.05, 0.1) is 17.3 Å². The Morgan fingerprint density at radius 1 is 1.29 bits per heavy atom. The van der Waals surface area contributed by atoms with Gasteiger partial charge in [0.15, 0.2) is 0 Å². The SMILES string of the molecule is ClCc1cc(-c2ccncc2)nn1CC1CC1. The molecule has 2 aromatic rings. The Hall–Kier alpha value is -1.35. The first-order chi connectivity index (χ1) is 8.36. The van der Waals surface area contributed by atoms with Gasteiger partial charge in [-0.2, -0.15) is 5.10 Å². The van der Waals surface area contributed by atoms with Crippen LogP contribution in [0.15, 0.2) is 30.6 Å². The Morgan fingerprint density at radius 3 is 2.71 bits per heavy atom. The molecule has 0 unspecified atom stereocenters. The molecule has 17 heavy (non-hydrogen) atoms. The smallest absolute Gasteiger partial charge is 0.0927 e. The fourth-order valence-corrected chi connectivity index (χ4v) is 2.14. The van der Waals surface area contributed by atoms with E-state index in [-0.39, 0.29) is 0 Å². The predicted molar refractivity (Wildman–Crippen MR) is 67.7 cm³/mol. The molecule has 0 spiro atoms. The summed E-state index contributed by atoms with van der Waals surface area (Å²) in [5.74, 6) is 1.33. The van der Waals surface area contributed by atoms with E-state index < -0.39 is 0 Å². The van der Waals surface area contributed by atoms with E-state index in [1.54, 1.807) is 12.4 Å². The lowest BCUT2D eigenvalue weighted by molar-refractivity contribution is 0.549. The van der Waals surface area contributed by atoms with Gasteiger partial charge in [0.1, 0.15) is 0 Å². The van der Waals surface area contributed by atoms with Crippen LogP contribution in [0.4, 0.5) is 0 Å². The molecule has 0 amide bonds. The van der Waals surface area contributed by atoms with E-state index in [9.17, 15) is 0 Å². The summed E-state index contributed by atoms with van der Waals surface area (Å²) in [4.78, 5) is 4.02. The van der Waals surface area contributed by atoms with Gasteiger partial charge in [-0.1, -0.05) is 0 Å². The third-order valence-electron chi connectivity index (χ3n) is 3.10. The van der Waals surface area contributed by atoms with Gasteiger partial charge in [-0.15, -0.1) is 11.6 Å². The van der Waals surface area contributed by atoms with Crippen molar-refractivity contribution in [1.29, 1.82) is 0 Å². The summed E-state index contributed by atoms with van der Waals surface area (Å²) in [6, 6.07) is 6.02. The van der Waals surface area contributed by atoms with Crippen molar-refractivity contribution < 1.29 is 0 Å². The Morgan fingerprint density at radius 2 is 2.06 bits per heavy atom. The van der Waals surface area contributed by atoms with E-state index in [4.69, 9.17) is 11.6 Å². The summed E-state index contributed by atoms with van der Waals surface area (Å²) in [5, 5.41) is 4.64. The predicted octanol–water partition coefficient (Wildman–Crippen LogP) is 3.09. The second-order valence-corrected chi connectivity index (χ2v) is 4.78. The monoisotopic (exact) mass is 247 g/mol. The molecule has 1 aliphatic carbocycles. The minimum atomic E-state index is 0.519. The molecule has 2 aromatic heterocycles. The first-order valence-corrected chi connectivity index (χ1v) is 6.43. The molecule has 1 aliphatic rings. The van der Waals surface area contributed by atoms with Crippen molar-refractivity contribution in [2.24, 2.45) is 5.92 Å². The van der Waals surface area contributed by atoms with E-state index in [2.05, 4.69) is 20.8 Å². The zero-order valence-corrected chi connectivity index (χ0v) is 10.3. The van der Waals surface area contributed by atoms with Crippen molar-refractivity contribution in [3.8, 4) is 11.3 Å². The van der Waals surface area contributed by atoms with Crippen LogP contribution in [0.25, 0.3) is 11.3 Å². The van der Waals surface area contributed by atoms with Crippen molar-refractivity contribution >= 4 is 11.6 Å². The maximum Gasteiger partial charge on any atom is 0.0927 e. The molecule has 4 heteroatoms. The van der Waals surface area contributed by atoms with Crippen molar-refractivity contribution in [1.82, 2.24) is 14.8 Å². The number of pyridine rings is 1. The number of alkyl halides is 1. The van der Waals surface area contributed by atoms with Gasteiger partial charge in [-0.05, 0) is 37.0 Å². The van der Waals surface area contributed by atoms with Crippen LogP contribution in [0.5, 0.6) is 0 Å². The highest BCUT2D eigenvalue weighted by atomic mass is 35.5. The number of hydrogen-bond acceptors (Lipinski definition) is 2. The molecule has 0 atom stereocenters. The summed E-state index contributed by atoms with van der Waals surface area (Å²) in [6.45, 7) is 1.01. The third-order valence-corrected chi connectivity index (χ3v) is 3.38. The lowest BCUT2D eigenvalue weighted by atomic mass is 10.2. The van der Waals surface area contributed by atoms with Gasteiger partial charge in [-0.25, -0.2) is 0 Å². The molecule has 1 fully saturated rings. The van der Waals surface area contributed by atoms with Crippen molar-refractivity contribution in [2.75, 3.05) is 0 Å². The number of aromatic nitrogens is 3. The first-order valence-electron chi connectivity index (χ1n) is 5.90. The standard InChI is InChI=1S/C13H14ClN3/c14-8-12-7-13(11-3-5-15-6-4-11)16-17(12)9-10-1-2-10/h3-7,10H,1-2,8-9H2. The Kier molecular flexibility index (Phi) is 2.85. The minimum absolute atomic E-state index is 0.519. The zero-order valence-electron chi connectivity index (χ0n) is 9.51. The van der Waals surface area contributed by atoms with Crippen LogP contribution in [-0.4, -0.2) is 14.8 Å². The lowest BCUT2D eigenvalue weighted by Gasteiger charge is -2.02. The van der Waals surface area contributed by atoms with Gasteiger partial charge in [0.25, 0.3) is 0 Å². The largest absolute Gasteiger partial charge is 0.267 e. The maximum atomic E-state index is 5.96. The number of halogens is 1. The van der Waals surface area contributed by atoms with Gasteiger partial charge in [-0.3, -0.25) is 9.67 Å². The highest BCUT2D eigenvalue weighted by Crippen LogP contribution is 2.31. The first kappa shape index (κ1) is 10.8. The number of nitrogens with zero attached hydrogens (tertiary/aromatic N) is 3. The fraction of sp³-hybridized carbons (Fsp3) is 0.385. The van der Waals surface area contributed by atoms with Crippen LogP contribution >= 0.6 is 11.6 Å². The Labute approximate surface area is 105 Å². The van der Waals surface area contributed by atoms with Gasteiger partial charge < -0.3 is 0 Å². The number of rotatable bonds is 4. The summed E-state index contributed by atoms with van der Waals surface area (Å²) >= 11 is 5.96. The van der Waals surface area contributed by atoms with E-state index >= 15 is 0 Å². The Balaban J connectivity index is 1.92. The highest BCUT2D eigenvalue weighted by Gasteiger charge is 2.23. The van der Waals surface area contributed by atoms with Crippen LogP contribution in [0.3, 0.4) is 0 Å². The van der Waals surface area contributed by atoms with E-state index in [0.29, 0.717) is 5.88 Å². The van der Waals surface area contributed by atoms with Crippen LogP contribution in [0, 0.1) is 5.92 Å². The summed E-state index contributed by atoms with van der Waals surface area (Å²) in [5.41, 5.74) is 3.19. The fourth-order valence-electron chi connectivity index (χ4n) is 1.93. The third kappa shape index (κ3) is 2.34. The van der Waals surface area contributed by atoms with Gasteiger partial charge in [0.2, 0.25) is 0 Å². The Bertz CT molecular complexity index is 503. The molecule has 2 heterocycles. The summed E-state index contributed by atoms with van der Waals surface area (Å²) < 4.78 is 2.06. The molecule has 0 N–H and O–H groups in total. The van der Waals surface area contributed by atoms with Crippen LogP contribution in [0.1, 0.15) is 18.5 Å². The molecule has 0 radical (unpaired) electrons. The molecule has 0 aromatic carbocycles. The van der Waals surface area contributed by atoms with Crippen molar-refractivity contribution in [3.05, 3.63) is 36.3 Å². The molecule has 0 saturated heterocycles. The molecule has 3 rings (SSSR count). The van der Waals surface area contributed by atoms with Crippen LogP contribution in [-0.2, 0) is 12.4 Å². The van der Waals surface area contributed by atoms with Crippen molar-refractivity contribution in [2.45, 2.75) is 25.3 Å². The molecular weight excluding hydrogens is 234 g/mol. The molecule has 0 bridgehead atoms. The molecule has 1 saturated carbocycles. The van der Waals surface area contributed by atoms with Gasteiger partial charge in [0, 0.05) is 24.5 Å². The van der Waals surface area contributed by atoms with Crippen LogP contribution < -0.4 is 0 Å². The highest BCUT2D eigenvalue weighted by molar-refractivity contribution is 6.16. The lowest BCUT2D eigenvalue weighted by Crippen LogP contribution is -2.05. The molecule has 88 valence electrons. The summed E-state index contributed by atoms with van der Waals surface area (Å²) in [6.07, 6.45) is 6.23. The normalized spacial score (nSPS) is 15.1. The topological polar surface area (TPSA) is 30.7 Å².